The molecule has 2 aromatic carbocycles. The van der Waals surface area contributed by atoms with Gasteiger partial charge in [-0.3, -0.25) is 4.79 Å². The highest BCUT2D eigenvalue weighted by atomic mass is 32.2. The Balaban J connectivity index is 1.55. The Morgan fingerprint density at radius 1 is 1.04 bits per heavy atom. The van der Waals surface area contributed by atoms with Crippen molar-refractivity contribution in [3.63, 3.8) is 0 Å². The number of carbonyl (C=O) groups is 1. The lowest BCUT2D eigenvalue weighted by molar-refractivity contribution is -0.116. The van der Waals surface area contributed by atoms with Crippen molar-refractivity contribution in [2.75, 3.05) is 0 Å². The Morgan fingerprint density at radius 2 is 1.89 bits per heavy atom. The fraction of sp³-hybridized carbons (Fsp3) is 0.182. The van der Waals surface area contributed by atoms with Crippen LogP contribution in [-0.4, -0.2) is 15.9 Å². The normalized spacial score (nSPS) is 21.0. The number of carbonyl (C=O) groups excluding carboxylic acids is 1. The van der Waals surface area contributed by atoms with E-state index in [9.17, 15) is 4.79 Å². The highest BCUT2D eigenvalue weighted by Gasteiger charge is 2.38. The Morgan fingerprint density at radius 3 is 2.78 bits per heavy atom. The number of benzene rings is 2. The molecule has 0 spiro atoms. The van der Waals surface area contributed by atoms with E-state index in [4.69, 9.17) is 9.73 Å². The molecular formula is C22H18N2O2S. The molecule has 0 N–H and O–H groups in total. The van der Waals surface area contributed by atoms with Crippen molar-refractivity contribution in [3.8, 4) is 11.5 Å². The summed E-state index contributed by atoms with van der Waals surface area (Å²) in [6.45, 7) is 0. The average Bonchev–Trinajstić information content (AvgIpc) is 3.16. The highest BCUT2D eigenvalue weighted by molar-refractivity contribution is 8.16. The van der Waals surface area contributed by atoms with Crippen molar-refractivity contribution in [2.24, 2.45) is 4.99 Å². The van der Waals surface area contributed by atoms with Crippen LogP contribution in [0.15, 0.2) is 82.5 Å². The third kappa shape index (κ3) is 2.98. The minimum Gasteiger partial charge on any atom is -0.457 e. The molecule has 4 nitrogen and oxygen atoms in total. The Hall–Kier alpha value is -2.79. The van der Waals surface area contributed by atoms with Gasteiger partial charge in [-0.15, -0.1) is 0 Å². The minimum atomic E-state index is -0.133. The van der Waals surface area contributed by atoms with Crippen LogP contribution in [0.5, 0.6) is 11.5 Å². The van der Waals surface area contributed by atoms with Gasteiger partial charge in [-0.25, -0.2) is 4.99 Å². The minimum absolute atomic E-state index is 0.133. The molecule has 0 radical (unpaired) electrons. The number of fused-ring (bicyclic) bond motifs is 1. The molecule has 0 fully saturated rings. The van der Waals surface area contributed by atoms with Gasteiger partial charge in [0, 0.05) is 18.2 Å². The lowest BCUT2D eigenvalue weighted by Crippen LogP contribution is -2.35. The van der Waals surface area contributed by atoms with E-state index in [0.717, 1.165) is 46.3 Å². The van der Waals surface area contributed by atoms with Crippen LogP contribution in [0, 0.1) is 0 Å². The van der Waals surface area contributed by atoms with E-state index in [1.807, 2.05) is 60.1 Å². The van der Waals surface area contributed by atoms with Gasteiger partial charge in [-0.05, 0) is 48.1 Å². The molecule has 2 aliphatic heterocycles. The molecule has 5 rings (SSSR count). The van der Waals surface area contributed by atoms with E-state index in [1.165, 1.54) is 0 Å². The van der Waals surface area contributed by atoms with Crippen LogP contribution in [0.4, 0.5) is 0 Å². The molecule has 0 aromatic heterocycles. The van der Waals surface area contributed by atoms with Gasteiger partial charge in [0.1, 0.15) is 11.5 Å². The van der Waals surface area contributed by atoms with Crippen molar-refractivity contribution in [1.29, 1.82) is 0 Å². The predicted octanol–water partition coefficient (Wildman–Crippen LogP) is 5.42. The van der Waals surface area contributed by atoms with Crippen LogP contribution >= 0.6 is 11.8 Å². The second kappa shape index (κ2) is 6.74. The predicted molar refractivity (Wildman–Crippen MR) is 108 cm³/mol. The van der Waals surface area contributed by atoms with Crippen molar-refractivity contribution in [2.45, 2.75) is 25.3 Å². The summed E-state index contributed by atoms with van der Waals surface area (Å²) in [5, 5.41) is 2.97. The maximum atomic E-state index is 12.8. The topological polar surface area (TPSA) is 41.9 Å². The van der Waals surface area contributed by atoms with Gasteiger partial charge in [0.05, 0.1) is 11.7 Å². The molecule has 0 saturated heterocycles. The fourth-order valence-electron chi connectivity index (χ4n) is 3.79. The summed E-state index contributed by atoms with van der Waals surface area (Å²) in [5.74, 6) is 1.78. The van der Waals surface area contributed by atoms with Gasteiger partial charge < -0.3 is 9.64 Å². The summed E-state index contributed by atoms with van der Waals surface area (Å²) in [6, 6.07) is 17.6. The SMILES string of the molecule is O=C1CCCC2=C1C(c1cccc(Oc3ccccc3)c1)N1C=CSC1=N2. The molecule has 2 aromatic rings. The molecular weight excluding hydrogens is 356 g/mol. The first-order valence-electron chi connectivity index (χ1n) is 9.09. The maximum absolute atomic E-state index is 12.8. The summed E-state index contributed by atoms with van der Waals surface area (Å²) in [6.07, 6.45) is 4.38. The number of hydrogen-bond donors (Lipinski definition) is 0. The number of ketones is 1. The standard InChI is InChI=1S/C22H18N2O2S/c25-19-11-5-10-18-20(19)21(24-12-13-27-22(24)23-18)15-6-4-9-17(14-15)26-16-7-2-1-3-8-16/h1-4,6-9,12-14,21H,5,10-11H2. The van der Waals surface area contributed by atoms with Gasteiger partial charge in [0.15, 0.2) is 11.0 Å². The van der Waals surface area contributed by atoms with E-state index in [0.29, 0.717) is 6.42 Å². The van der Waals surface area contributed by atoms with E-state index >= 15 is 0 Å². The summed E-state index contributed by atoms with van der Waals surface area (Å²) >= 11 is 1.61. The average molecular weight is 374 g/mol. The third-order valence-electron chi connectivity index (χ3n) is 4.98. The number of Topliss-reactive ketones (excluding diaryl/α,β-unsaturated/α-hetero) is 1. The zero-order valence-corrected chi connectivity index (χ0v) is 15.5. The maximum Gasteiger partial charge on any atom is 0.173 e. The molecule has 3 aliphatic rings. The van der Waals surface area contributed by atoms with Gasteiger partial charge in [-0.2, -0.15) is 0 Å². The Kier molecular flexibility index (Phi) is 4.09. The summed E-state index contributed by atoms with van der Waals surface area (Å²) < 4.78 is 6.01. The summed E-state index contributed by atoms with van der Waals surface area (Å²) in [7, 11) is 0. The van der Waals surface area contributed by atoms with E-state index in [-0.39, 0.29) is 11.8 Å². The first-order valence-corrected chi connectivity index (χ1v) is 9.97. The molecule has 0 amide bonds. The second-order valence-corrected chi connectivity index (χ2v) is 7.60. The molecule has 0 bridgehead atoms. The zero-order valence-electron chi connectivity index (χ0n) is 14.7. The van der Waals surface area contributed by atoms with Gasteiger partial charge in [0.2, 0.25) is 0 Å². The van der Waals surface area contributed by atoms with Crippen molar-refractivity contribution < 1.29 is 9.53 Å². The molecule has 1 aliphatic carbocycles. The number of thioether (sulfide) groups is 1. The number of amidine groups is 1. The Bertz CT molecular complexity index is 994. The van der Waals surface area contributed by atoms with Crippen LogP contribution < -0.4 is 4.74 Å². The van der Waals surface area contributed by atoms with Crippen LogP contribution in [0.2, 0.25) is 0 Å². The molecule has 1 atom stereocenters. The van der Waals surface area contributed by atoms with Crippen LogP contribution in [0.3, 0.4) is 0 Å². The molecule has 5 heteroatoms. The first-order chi connectivity index (χ1) is 13.3. The summed E-state index contributed by atoms with van der Waals surface area (Å²) in [4.78, 5) is 19.6. The highest BCUT2D eigenvalue weighted by Crippen LogP contribution is 2.44. The molecule has 27 heavy (non-hydrogen) atoms. The first kappa shape index (κ1) is 16.4. The van der Waals surface area contributed by atoms with E-state index in [1.54, 1.807) is 11.8 Å². The van der Waals surface area contributed by atoms with Crippen molar-refractivity contribution in [1.82, 2.24) is 4.90 Å². The number of hydrogen-bond acceptors (Lipinski definition) is 5. The van der Waals surface area contributed by atoms with Crippen LogP contribution in [0.1, 0.15) is 30.9 Å². The van der Waals surface area contributed by atoms with Gasteiger partial charge in [0.25, 0.3) is 0 Å². The molecule has 1 unspecified atom stereocenters. The van der Waals surface area contributed by atoms with Gasteiger partial charge >= 0.3 is 0 Å². The fourth-order valence-corrected chi connectivity index (χ4v) is 4.55. The number of rotatable bonds is 3. The molecule has 2 heterocycles. The zero-order chi connectivity index (χ0) is 18.2. The lowest BCUT2D eigenvalue weighted by atomic mass is 9.85. The molecule has 0 saturated carbocycles. The second-order valence-electron chi connectivity index (χ2n) is 6.73. The third-order valence-corrected chi connectivity index (χ3v) is 5.75. The van der Waals surface area contributed by atoms with E-state index in [2.05, 4.69) is 11.0 Å². The monoisotopic (exact) mass is 374 g/mol. The Labute approximate surface area is 162 Å². The number of nitrogens with zero attached hydrogens (tertiary/aromatic N) is 2. The number of para-hydroxylation sites is 1. The van der Waals surface area contributed by atoms with Gasteiger partial charge in [-0.1, -0.05) is 42.1 Å². The quantitative estimate of drug-likeness (QED) is 0.720. The largest absolute Gasteiger partial charge is 0.457 e. The van der Waals surface area contributed by atoms with E-state index < -0.39 is 0 Å². The van der Waals surface area contributed by atoms with Crippen LogP contribution in [0.25, 0.3) is 0 Å². The summed E-state index contributed by atoms with van der Waals surface area (Å²) in [5.41, 5.74) is 2.84. The van der Waals surface area contributed by atoms with Crippen molar-refractivity contribution in [3.05, 3.63) is 83.0 Å². The number of allylic oxidation sites excluding steroid dienone is 1. The number of aliphatic imine (C=N–C) groups is 1. The smallest absolute Gasteiger partial charge is 0.173 e. The van der Waals surface area contributed by atoms with Crippen LogP contribution in [-0.2, 0) is 4.79 Å². The number of ether oxygens (including phenoxy) is 1. The van der Waals surface area contributed by atoms with Crippen molar-refractivity contribution >= 4 is 22.7 Å². The molecule has 134 valence electrons. The lowest BCUT2D eigenvalue weighted by Gasteiger charge is -2.36.